The van der Waals surface area contributed by atoms with Crippen molar-refractivity contribution in [1.29, 1.82) is 0 Å². The summed E-state index contributed by atoms with van der Waals surface area (Å²) in [5.41, 5.74) is 0.961. The van der Waals surface area contributed by atoms with E-state index in [1.54, 1.807) is 11.1 Å². The van der Waals surface area contributed by atoms with Crippen LogP contribution in [0.5, 0.6) is 0 Å². The lowest BCUT2D eigenvalue weighted by molar-refractivity contribution is -0.115. The second-order valence-corrected chi connectivity index (χ2v) is 4.30. The Morgan fingerprint density at radius 1 is 1.25 bits per heavy atom. The summed E-state index contributed by atoms with van der Waals surface area (Å²) in [5, 5.41) is 1.89. The second kappa shape index (κ2) is 4.40. The first kappa shape index (κ1) is 10.8. The Hall–Kier alpha value is -1.75. The highest BCUT2D eigenvalue weighted by atomic mass is 32.2. The fourth-order valence-corrected chi connectivity index (χ4v) is 2.02. The van der Waals surface area contributed by atoms with E-state index in [0.717, 1.165) is 17.4 Å². The number of carbonyl (C=O) groups is 2. The first-order valence-corrected chi connectivity index (χ1v) is 5.51. The van der Waals surface area contributed by atoms with Gasteiger partial charge in [-0.3, -0.25) is 14.9 Å². The van der Waals surface area contributed by atoms with Gasteiger partial charge in [-0.1, -0.05) is 18.2 Å². The van der Waals surface area contributed by atoms with Gasteiger partial charge in [0.1, 0.15) is 0 Å². The second-order valence-electron chi connectivity index (χ2n) is 3.28. The molecule has 1 heterocycles. The lowest BCUT2D eigenvalue weighted by Crippen LogP contribution is -2.19. The molecule has 1 fully saturated rings. The van der Waals surface area contributed by atoms with Gasteiger partial charge in [-0.25, -0.2) is 0 Å². The number of nitrogens with zero attached hydrogens (tertiary/aromatic N) is 1. The smallest absolute Gasteiger partial charge is 0.290 e. The van der Waals surface area contributed by atoms with Crippen LogP contribution in [0.25, 0.3) is 0 Å². The van der Waals surface area contributed by atoms with Gasteiger partial charge in [-0.2, -0.15) is 0 Å². The lowest BCUT2D eigenvalue weighted by atomic mass is 10.3. The van der Waals surface area contributed by atoms with Crippen LogP contribution in [0.3, 0.4) is 0 Å². The Morgan fingerprint density at radius 3 is 2.50 bits per heavy atom. The third-order valence-corrected chi connectivity index (χ3v) is 2.91. The Kier molecular flexibility index (Phi) is 2.96. The molecule has 0 aromatic heterocycles. The minimum atomic E-state index is -0.335. The van der Waals surface area contributed by atoms with Crippen LogP contribution in [0.1, 0.15) is 0 Å². The summed E-state index contributed by atoms with van der Waals surface area (Å²) in [6.07, 6.45) is 1.65. The first-order valence-electron chi connectivity index (χ1n) is 4.69. The molecule has 1 aliphatic rings. The maximum atomic E-state index is 11.3. The summed E-state index contributed by atoms with van der Waals surface area (Å²) in [4.78, 5) is 24.5. The van der Waals surface area contributed by atoms with Gasteiger partial charge in [0.25, 0.3) is 11.1 Å². The number of hydrogen-bond donors (Lipinski definition) is 1. The minimum absolute atomic E-state index is 0.322. The molecule has 2 rings (SSSR count). The van der Waals surface area contributed by atoms with Crippen molar-refractivity contribution in [2.45, 2.75) is 0 Å². The van der Waals surface area contributed by atoms with E-state index in [2.05, 4.69) is 5.32 Å². The Morgan fingerprint density at radius 2 is 1.94 bits per heavy atom. The van der Waals surface area contributed by atoms with Crippen molar-refractivity contribution in [1.82, 2.24) is 5.32 Å². The lowest BCUT2D eigenvalue weighted by Gasteiger charge is -2.13. The maximum absolute atomic E-state index is 11.3. The summed E-state index contributed by atoms with van der Waals surface area (Å²) >= 11 is 0.917. The summed E-state index contributed by atoms with van der Waals surface area (Å²) in [7, 11) is 1.83. The van der Waals surface area contributed by atoms with Crippen molar-refractivity contribution in [3.05, 3.63) is 41.4 Å². The molecule has 0 bridgehead atoms. The van der Waals surface area contributed by atoms with Gasteiger partial charge in [0.05, 0.1) is 4.91 Å². The molecule has 0 spiro atoms. The average Bonchev–Trinajstić information content (AvgIpc) is 2.59. The van der Waals surface area contributed by atoms with E-state index < -0.39 is 0 Å². The number of amides is 2. The van der Waals surface area contributed by atoms with Gasteiger partial charge in [-0.05, 0) is 23.9 Å². The number of hydrogen-bond acceptors (Lipinski definition) is 4. The zero-order chi connectivity index (χ0) is 11.5. The largest absolute Gasteiger partial charge is 0.350 e. The highest BCUT2D eigenvalue weighted by molar-refractivity contribution is 8.18. The predicted molar refractivity (Wildman–Crippen MR) is 64.1 cm³/mol. The van der Waals surface area contributed by atoms with Crippen LogP contribution >= 0.6 is 11.8 Å². The van der Waals surface area contributed by atoms with Gasteiger partial charge < -0.3 is 4.90 Å². The molecule has 0 unspecified atom stereocenters. The Labute approximate surface area is 97.3 Å². The SMILES string of the molecule is CN(C=C1SC(=O)NC1=O)c1ccccc1. The Bertz CT molecular complexity index is 456. The number of carbonyl (C=O) groups excluding carboxylic acids is 2. The summed E-state index contributed by atoms with van der Waals surface area (Å²) in [5.74, 6) is -0.335. The highest BCUT2D eigenvalue weighted by Gasteiger charge is 2.25. The van der Waals surface area contributed by atoms with Crippen molar-refractivity contribution < 1.29 is 9.59 Å². The highest BCUT2D eigenvalue weighted by Crippen LogP contribution is 2.24. The summed E-state index contributed by atoms with van der Waals surface area (Å²) in [6.45, 7) is 0. The van der Waals surface area contributed by atoms with Crippen molar-refractivity contribution in [2.75, 3.05) is 11.9 Å². The average molecular weight is 234 g/mol. The van der Waals surface area contributed by atoms with Gasteiger partial charge in [-0.15, -0.1) is 0 Å². The Balaban J connectivity index is 2.18. The number of nitrogens with one attached hydrogen (secondary N) is 1. The van der Waals surface area contributed by atoms with Gasteiger partial charge in [0.2, 0.25) is 0 Å². The van der Waals surface area contributed by atoms with Crippen molar-refractivity contribution >= 4 is 28.6 Å². The zero-order valence-electron chi connectivity index (χ0n) is 8.64. The molecule has 4 nitrogen and oxygen atoms in total. The monoisotopic (exact) mass is 234 g/mol. The third-order valence-electron chi connectivity index (χ3n) is 2.12. The molecule has 1 aromatic carbocycles. The molecular weight excluding hydrogens is 224 g/mol. The molecule has 0 aliphatic carbocycles. The number of benzene rings is 1. The summed E-state index contributed by atoms with van der Waals surface area (Å²) in [6, 6.07) is 9.60. The molecule has 5 heteroatoms. The molecule has 0 radical (unpaired) electrons. The first-order chi connectivity index (χ1) is 7.66. The fraction of sp³-hybridized carbons (Fsp3) is 0.0909. The quantitative estimate of drug-likeness (QED) is 0.794. The van der Waals surface area contributed by atoms with Crippen LogP contribution in [0, 0.1) is 0 Å². The molecule has 1 N–H and O–H groups in total. The molecule has 1 aromatic rings. The number of rotatable bonds is 2. The predicted octanol–water partition coefficient (Wildman–Crippen LogP) is 1.95. The van der Waals surface area contributed by atoms with Gasteiger partial charge in [0, 0.05) is 18.9 Å². The third kappa shape index (κ3) is 2.25. The van der Waals surface area contributed by atoms with Gasteiger partial charge >= 0.3 is 0 Å². The molecule has 2 amide bonds. The van der Waals surface area contributed by atoms with E-state index in [4.69, 9.17) is 0 Å². The van der Waals surface area contributed by atoms with E-state index in [0.29, 0.717) is 4.91 Å². The molecule has 1 aliphatic heterocycles. The van der Waals surface area contributed by atoms with Crippen LogP contribution in [-0.2, 0) is 4.79 Å². The molecule has 0 saturated carbocycles. The number of para-hydroxylation sites is 1. The van der Waals surface area contributed by atoms with Gasteiger partial charge in [0.15, 0.2) is 0 Å². The standard InChI is InChI=1S/C11H10N2O2S/c1-13(8-5-3-2-4-6-8)7-9-10(14)12-11(15)16-9/h2-7H,1H3,(H,12,14,15). The van der Waals surface area contributed by atoms with Crippen LogP contribution in [0.4, 0.5) is 10.5 Å². The topological polar surface area (TPSA) is 49.4 Å². The number of thioether (sulfide) groups is 1. The van der Waals surface area contributed by atoms with Crippen LogP contribution in [0.2, 0.25) is 0 Å². The fourth-order valence-electron chi connectivity index (χ4n) is 1.32. The molecular formula is C11H10N2O2S. The molecule has 1 saturated heterocycles. The van der Waals surface area contributed by atoms with E-state index >= 15 is 0 Å². The maximum Gasteiger partial charge on any atom is 0.290 e. The van der Waals surface area contributed by atoms with E-state index in [-0.39, 0.29) is 11.1 Å². The minimum Gasteiger partial charge on any atom is -0.350 e. The van der Waals surface area contributed by atoms with Crippen LogP contribution < -0.4 is 10.2 Å². The number of anilines is 1. The zero-order valence-corrected chi connectivity index (χ0v) is 9.45. The van der Waals surface area contributed by atoms with Crippen molar-refractivity contribution in [3.8, 4) is 0 Å². The van der Waals surface area contributed by atoms with Crippen molar-refractivity contribution in [3.63, 3.8) is 0 Å². The normalized spacial score (nSPS) is 17.7. The molecule has 82 valence electrons. The van der Waals surface area contributed by atoms with E-state index in [1.807, 2.05) is 37.4 Å². The van der Waals surface area contributed by atoms with Crippen molar-refractivity contribution in [2.24, 2.45) is 0 Å². The van der Waals surface area contributed by atoms with E-state index in [1.165, 1.54) is 0 Å². The van der Waals surface area contributed by atoms with Crippen LogP contribution in [-0.4, -0.2) is 18.2 Å². The van der Waals surface area contributed by atoms with Crippen LogP contribution in [0.15, 0.2) is 41.4 Å². The summed E-state index contributed by atoms with van der Waals surface area (Å²) < 4.78 is 0. The number of imide groups is 1. The van der Waals surface area contributed by atoms with E-state index in [9.17, 15) is 9.59 Å². The molecule has 0 atom stereocenters. The molecule has 16 heavy (non-hydrogen) atoms.